The van der Waals surface area contributed by atoms with Gasteiger partial charge >= 0.3 is 6.18 Å². The van der Waals surface area contributed by atoms with Crippen LogP contribution >= 0.6 is 0 Å². The lowest BCUT2D eigenvalue weighted by molar-refractivity contribution is -0.137. The molecule has 4 rings (SSSR count). The monoisotopic (exact) mass is 406 g/mol. The fraction of sp³-hybridized carbons (Fsp3) is 0.421. The summed E-state index contributed by atoms with van der Waals surface area (Å²) in [4.78, 5) is 19.8. The predicted octanol–water partition coefficient (Wildman–Crippen LogP) is 2.09. The lowest BCUT2D eigenvalue weighted by Crippen LogP contribution is -2.44. The molecule has 0 atom stereocenters. The summed E-state index contributed by atoms with van der Waals surface area (Å²) in [6, 6.07) is 4.94. The number of aromatic nitrogens is 4. The fourth-order valence-electron chi connectivity index (χ4n) is 3.61. The maximum Gasteiger partial charge on any atom is 0.416 e. The summed E-state index contributed by atoms with van der Waals surface area (Å²) in [6.07, 6.45) is -2.93. The second-order valence-electron chi connectivity index (χ2n) is 6.93. The van der Waals surface area contributed by atoms with Crippen LogP contribution in [0, 0.1) is 0 Å². The molecule has 1 saturated heterocycles. The summed E-state index contributed by atoms with van der Waals surface area (Å²) in [7, 11) is 0. The Morgan fingerprint density at radius 3 is 2.66 bits per heavy atom. The molecule has 3 aromatic rings. The number of hydrogen-bond donors (Lipinski definition) is 1. The second kappa shape index (κ2) is 7.51. The normalized spacial score (nSPS) is 15.2. The molecule has 0 amide bonds. The highest BCUT2D eigenvalue weighted by Crippen LogP contribution is 2.29. The topological polar surface area (TPSA) is 68.0 Å². The molecule has 0 unspecified atom stereocenters. The summed E-state index contributed by atoms with van der Waals surface area (Å²) in [5.41, 5.74) is 0.159. The molecule has 154 valence electrons. The van der Waals surface area contributed by atoms with Crippen LogP contribution in [0.5, 0.6) is 0 Å². The van der Waals surface area contributed by atoms with Gasteiger partial charge in [-0.3, -0.25) is 4.79 Å². The zero-order valence-corrected chi connectivity index (χ0v) is 15.9. The van der Waals surface area contributed by atoms with E-state index in [0.717, 1.165) is 44.3 Å². The molecule has 3 heterocycles. The summed E-state index contributed by atoms with van der Waals surface area (Å²) >= 11 is 0. The molecule has 1 fully saturated rings. The molecule has 29 heavy (non-hydrogen) atoms. The SMILES string of the molecule is CCn1c(N2CCNCC2)nc2cnn(Cc3cccc(C(F)(F)F)c3)c(=O)c21. The average Bonchev–Trinajstić information content (AvgIpc) is 3.10. The van der Waals surface area contributed by atoms with E-state index in [9.17, 15) is 18.0 Å². The number of benzene rings is 1. The summed E-state index contributed by atoms with van der Waals surface area (Å²) < 4.78 is 41.9. The molecule has 1 N–H and O–H groups in total. The summed E-state index contributed by atoms with van der Waals surface area (Å²) in [5, 5.41) is 7.43. The molecular formula is C19H21F3N6O. The Hall–Kier alpha value is -2.88. The van der Waals surface area contributed by atoms with Gasteiger partial charge in [-0.25, -0.2) is 9.67 Å². The van der Waals surface area contributed by atoms with Crippen molar-refractivity contribution in [2.75, 3.05) is 31.1 Å². The number of nitrogens with one attached hydrogen (secondary N) is 1. The van der Waals surface area contributed by atoms with E-state index < -0.39 is 11.7 Å². The van der Waals surface area contributed by atoms with Gasteiger partial charge in [-0.2, -0.15) is 18.3 Å². The number of aryl methyl sites for hydroxylation is 1. The molecular weight excluding hydrogens is 385 g/mol. The van der Waals surface area contributed by atoms with E-state index in [4.69, 9.17) is 0 Å². The van der Waals surface area contributed by atoms with Crippen LogP contribution in [0.25, 0.3) is 11.0 Å². The Morgan fingerprint density at radius 2 is 1.97 bits per heavy atom. The van der Waals surface area contributed by atoms with E-state index in [0.29, 0.717) is 23.1 Å². The molecule has 1 aromatic carbocycles. The average molecular weight is 406 g/mol. The van der Waals surface area contributed by atoms with Crippen LogP contribution in [0.3, 0.4) is 0 Å². The predicted molar refractivity (Wildman–Crippen MR) is 103 cm³/mol. The van der Waals surface area contributed by atoms with E-state index in [1.165, 1.54) is 16.9 Å². The first-order chi connectivity index (χ1) is 13.9. The van der Waals surface area contributed by atoms with Crippen LogP contribution in [0.2, 0.25) is 0 Å². The minimum absolute atomic E-state index is 0.0451. The number of halogens is 3. The first kappa shape index (κ1) is 19.4. The summed E-state index contributed by atoms with van der Waals surface area (Å²) in [6.45, 7) is 5.69. The van der Waals surface area contributed by atoms with E-state index >= 15 is 0 Å². The molecule has 0 spiro atoms. The van der Waals surface area contributed by atoms with Crippen molar-refractivity contribution in [3.8, 4) is 0 Å². The van der Waals surface area contributed by atoms with Gasteiger partial charge in [0.25, 0.3) is 5.56 Å². The van der Waals surface area contributed by atoms with Crippen LogP contribution in [0.15, 0.2) is 35.3 Å². The number of fused-ring (bicyclic) bond motifs is 1. The lowest BCUT2D eigenvalue weighted by Gasteiger charge is -2.28. The highest BCUT2D eigenvalue weighted by atomic mass is 19.4. The van der Waals surface area contributed by atoms with E-state index in [2.05, 4.69) is 20.3 Å². The number of imidazole rings is 1. The molecule has 0 bridgehead atoms. The largest absolute Gasteiger partial charge is 0.416 e. The highest BCUT2D eigenvalue weighted by Gasteiger charge is 2.30. The third-order valence-electron chi connectivity index (χ3n) is 5.03. The van der Waals surface area contributed by atoms with Gasteiger partial charge in [0.15, 0.2) is 0 Å². The van der Waals surface area contributed by atoms with Crippen LogP contribution in [0.1, 0.15) is 18.1 Å². The van der Waals surface area contributed by atoms with Crippen molar-refractivity contribution in [3.05, 3.63) is 51.9 Å². The second-order valence-corrected chi connectivity index (χ2v) is 6.93. The highest BCUT2D eigenvalue weighted by molar-refractivity contribution is 5.77. The molecule has 0 saturated carbocycles. The Morgan fingerprint density at radius 1 is 1.21 bits per heavy atom. The maximum absolute atomic E-state index is 13.1. The van der Waals surface area contributed by atoms with Gasteiger partial charge in [-0.1, -0.05) is 12.1 Å². The number of hydrogen-bond acceptors (Lipinski definition) is 5. The van der Waals surface area contributed by atoms with Gasteiger partial charge in [0.2, 0.25) is 5.95 Å². The molecule has 0 aliphatic carbocycles. The minimum atomic E-state index is -4.43. The van der Waals surface area contributed by atoms with Crippen molar-refractivity contribution in [1.82, 2.24) is 24.6 Å². The maximum atomic E-state index is 13.1. The van der Waals surface area contributed by atoms with Crippen LogP contribution in [0.4, 0.5) is 19.1 Å². The van der Waals surface area contributed by atoms with Gasteiger partial charge in [0.05, 0.1) is 18.3 Å². The van der Waals surface area contributed by atoms with E-state index in [1.54, 1.807) is 6.07 Å². The molecule has 2 aromatic heterocycles. The number of alkyl halides is 3. The minimum Gasteiger partial charge on any atom is -0.340 e. The van der Waals surface area contributed by atoms with Gasteiger partial charge in [0.1, 0.15) is 11.0 Å². The van der Waals surface area contributed by atoms with Crippen molar-refractivity contribution >= 4 is 17.0 Å². The first-order valence-electron chi connectivity index (χ1n) is 9.46. The van der Waals surface area contributed by atoms with E-state index in [1.807, 2.05) is 11.5 Å². The molecule has 10 heteroatoms. The first-order valence-corrected chi connectivity index (χ1v) is 9.46. The summed E-state index contributed by atoms with van der Waals surface area (Å²) in [5.74, 6) is 0.722. The molecule has 0 radical (unpaired) electrons. The number of rotatable bonds is 4. The van der Waals surface area contributed by atoms with E-state index in [-0.39, 0.29) is 12.1 Å². The van der Waals surface area contributed by atoms with Crippen molar-refractivity contribution in [2.24, 2.45) is 0 Å². The smallest absolute Gasteiger partial charge is 0.340 e. The van der Waals surface area contributed by atoms with Gasteiger partial charge in [-0.15, -0.1) is 0 Å². The number of piperazine rings is 1. The Bertz CT molecular complexity index is 1080. The Balaban J connectivity index is 1.73. The molecule has 7 nitrogen and oxygen atoms in total. The molecule has 1 aliphatic rings. The standard InChI is InChI=1S/C19H21F3N6O/c1-2-27-16-15(25-18(27)26-8-6-23-7-9-26)11-24-28(17(16)29)12-13-4-3-5-14(10-13)19(20,21)22/h3-5,10-11,23H,2,6-9,12H2,1H3. The van der Waals surface area contributed by atoms with Gasteiger partial charge < -0.3 is 14.8 Å². The van der Waals surface area contributed by atoms with Gasteiger partial charge in [-0.05, 0) is 24.6 Å². The van der Waals surface area contributed by atoms with Crippen LogP contribution in [-0.2, 0) is 19.3 Å². The zero-order chi connectivity index (χ0) is 20.6. The zero-order valence-electron chi connectivity index (χ0n) is 15.9. The van der Waals surface area contributed by atoms with Crippen molar-refractivity contribution < 1.29 is 13.2 Å². The van der Waals surface area contributed by atoms with Crippen LogP contribution in [-0.4, -0.2) is 45.5 Å². The quantitative estimate of drug-likeness (QED) is 0.719. The molecule has 1 aliphatic heterocycles. The van der Waals surface area contributed by atoms with Gasteiger partial charge in [0, 0.05) is 32.7 Å². The number of anilines is 1. The van der Waals surface area contributed by atoms with Crippen molar-refractivity contribution in [3.63, 3.8) is 0 Å². The Labute approximate surface area is 164 Å². The van der Waals surface area contributed by atoms with Crippen LogP contribution < -0.4 is 15.8 Å². The lowest BCUT2D eigenvalue weighted by atomic mass is 10.1. The number of nitrogens with zero attached hydrogens (tertiary/aromatic N) is 5. The third kappa shape index (κ3) is 3.71. The Kier molecular flexibility index (Phi) is 5.03. The van der Waals surface area contributed by atoms with Crippen molar-refractivity contribution in [2.45, 2.75) is 26.2 Å². The van der Waals surface area contributed by atoms with Crippen molar-refractivity contribution in [1.29, 1.82) is 0 Å². The third-order valence-corrected chi connectivity index (χ3v) is 5.03. The fourth-order valence-corrected chi connectivity index (χ4v) is 3.61.